The number of likely N-dealkylation sites (N-methyl/N-ethyl adjacent to an activating group) is 1. The van der Waals surface area contributed by atoms with Gasteiger partial charge in [-0.3, -0.25) is 0 Å². The van der Waals surface area contributed by atoms with Crippen LogP contribution in [0.25, 0.3) is 10.9 Å². The quantitative estimate of drug-likeness (QED) is 0.309. The molecule has 2 N–H and O–H groups in total. The lowest BCUT2D eigenvalue weighted by Crippen LogP contribution is -2.30. The average molecular weight is 609 g/mol. The predicted octanol–water partition coefficient (Wildman–Crippen LogP) is 4.53. The Hall–Kier alpha value is -3.44. The molecule has 0 atom stereocenters. The zero-order chi connectivity index (χ0) is 30.3. The molecule has 0 bridgehead atoms. The molecule has 0 aliphatic carbocycles. The van der Waals surface area contributed by atoms with Crippen molar-refractivity contribution in [1.82, 2.24) is 8.87 Å². The van der Waals surface area contributed by atoms with Crippen LogP contribution in [0.4, 0.5) is 24.5 Å². The van der Waals surface area contributed by atoms with Gasteiger partial charge in [-0.15, -0.1) is 0 Å². The standard InChI is InChI=1S/C29H35F3N4O5S/c1-35(14-17-39-2)42(37,38)23-9-10-26(28(19-23)40-3)33-13-5-6-22-18-24-25(34-21-11-15-41-16-12-21)7-4-8-27(24)36(22)20-29(30,31)32/h4,7-10,18-19,21,33-34H,11-17,20H2,1-3H3. The monoisotopic (exact) mass is 608 g/mol. The molecule has 0 amide bonds. The Morgan fingerprint density at radius 2 is 1.88 bits per heavy atom. The summed E-state index contributed by atoms with van der Waals surface area (Å²) in [5.41, 5.74) is 1.92. The van der Waals surface area contributed by atoms with Crippen LogP contribution in [-0.2, 0) is 26.0 Å². The number of fused-ring (bicyclic) bond motifs is 1. The number of aromatic nitrogens is 1. The van der Waals surface area contributed by atoms with Crippen molar-refractivity contribution in [3.63, 3.8) is 0 Å². The first kappa shape index (κ1) is 31.5. The topological polar surface area (TPSA) is 94.1 Å². The van der Waals surface area contributed by atoms with Crippen LogP contribution in [0.2, 0.25) is 0 Å². The van der Waals surface area contributed by atoms with E-state index >= 15 is 0 Å². The molecule has 42 heavy (non-hydrogen) atoms. The molecule has 9 nitrogen and oxygen atoms in total. The molecule has 1 aliphatic heterocycles. The van der Waals surface area contributed by atoms with Crippen molar-refractivity contribution in [1.29, 1.82) is 0 Å². The van der Waals surface area contributed by atoms with Gasteiger partial charge in [0.25, 0.3) is 0 Å². The summed E-state index contributed by atoms with van der Waals surface area (Å²) in [7, 11) is 0.614. The van der Waals surface area contributed by atoms with E-state index in [1.54, 1.807) is 24.3 Å². The number of rotatable bonds is 11. The molecule has 0 radical (unpaired) electrons. The van der Waals surface area contributed by atoms with Gasteiger partial charge >= 0.3 is 6.18 Å². The predicted molar refractivity (Wildman–Crippen MR) is 156 cm³/mol. The summed E-state index contributed by atoms with van der Waals surface area (Å²) in [6.07, 6.45) is -2.80. The summed E-state index contributed by atoms with van der Waals surface area (Å²) in [5, 5.41) is 7.19. The molecule has 1 aliphatic rings. The van der Waals surface area contributed by atoms with Gasteiger partial charge in [0.1, 0.15) is 12.3 Å². The first-order valence-electron chi connectivity index (χ1n) is 13.4. The molecular formula is C29H35F3N4O5S. The van der Waals surface area contributed by atoms with E-state index < -0.39 is 22.7 Å². The normalized spacial score (nSPS) is 14.5. The molecule has 1 aromatic heterocycles. The highest BCUT2D eigenvalue weighted by Crippen LogP contribution is 2.32. The summed E-state index contributed by atoms with van der Waals surface area (Å²) in [4.78, 5) is 0.0522. The van der Waals surface area contributed by atoms with Gasteiger partial charge in [-0.05, 0) is 49.1 Å². The highest BCUT2D eigenvalue weighted by Gasteiger charge is 2.30. The molecule has 2 heterocycles. The number of hydrogen-bond acceptors (Lipinski definition) is 7. The molecule has 0 unspecified atom stereocenters. The van der Waals surface area contributed by atoms with E-state index in [0.29, 0.717) is 29.8 Å². The van der Waals surface area contributed by atoms with E-state index in [2.05, 4.69) is 22.5 Å². The van der Waals surface area contributed by atoms with Crippen molar-refractivity contribution >= 4 is 32.3 Å². The van der Waals surface area contributed by atoms with Crippen LogP contribution in [0.3, 0.4) is 0 Å². The average Bonchev–Trinajstić information content (AvgIpc) is 3.31. The van der Waals surface area contributed by atoms with Gasteiger partial charge in [0.05, 0.1) is 42.1 Å². The minimum absolute atomic E-state index is 0.0522. The number of sulfonamides is 1. The van der Waals surface area contributed by atoms with E-state index in [9.17, 15) is 21.6 Å². The van der Waals surface area contributed by atoms with Crippen LogP contribution in [0.1, 0.15) is 18.5 Å². The lowest BCUT2D eigenvalue weighted by atomic mass is 10.1. The number of anilines is 2. The van der Waals surface area contributed by atoms with Crippen molar-refractivity contribution in [2.75, 3.05) is 64.8 Å². The third-order valence-electron chi connectivity index (χ3n) is 6.94. The van der Waals surface area contributed by atoms with Crippen molar-refractivity contribution < 1.29 is 35.8 Å². The fraction of sp³-hybridized carbons (Fsp3) is 0.448. The maximum Gasteiger partial charge on any atom is 0.406 e. The summed E-state index contributed by atoms with van der Waals surface area (Å²) in [6.45, 7) is 0.631. The SMILES string of the molecule is COCCN(C)S(=O)(=O)c1ccc(NCC#Cc2cc3c(NC4CCOCC4)cccc3n2CC(F)(F)F)c(OC)c1. The fourth-order valence-corrected chi connectivity index (χ4v) is 5.87. The molecule has 1 saturated heterocycles. The van der Waals surface area contributed by atoms with Gasteiger partial charge < -0.3 is 29.4 Å². The molecule has 4 rings (SSSR count). The smallest absolute Gasteiger partial charge is 0.406 e. The largest absolute Gasteiger partial charge is 0.495 e. The lowest BCUT2D eigenvalue weighted by molar-refractivity contribution is -0.140. The Kier molecular flexibility index (Phi) is 10.3. The number of methoxy groups -OCH3 is 2. The van der Waals surface area contributed by atoms with Crippen LogP contribution in [0.5, 0.6) is 5.75 Å². The zero-order valence-electron chi connectivity index (χ0n) is 23.8. The van der Waals surface area contributed by atoms with Crippen molar-refractivity contribution in [3.05, 3.63) is 48.2 Å². The van der Waals surface area contributed by atoms with Crippen LogP contribution in [0, 0.1) is 11.8 Å². The van der Waals surface area contributed by atoms with Crippen molar-refractivity contribution in [3.8, 4) is 17.6 Å². The van der Waals surface area contributed by atoms with E-state index in [1.165, 1.54) is 42.3 Å². The molecule has 13 heteroatoms. The molecular weight excluding hydrogens is 573 g/mol. The second kappa shape index (κ2) is 13.7. The van der Waals surface area contributed by atoms with Crippen LogP contribution in [-0.4, -0.2) is 83.7 Å². The molecule has 0 spiro atoms. The van der Waals surface area contributed by atoms with Crippen LogP contribution < -0.4 is 15.4 Å². The number of halogens is 3. The molecule has 2 aromatic carbocycles. The maximum atomic E-state index is 13.5. The van der Waals surface area contributed by atoms with Gasteiger partial charge in [-0.25, -0.2) is 8.42 Å². The van der Waals surface area contributed by atoms with Crippen molar-refractivity contribution in [2.24, 2.45) is 0 Å². The minimum Gasteiger partial charge on any atom is -0.495 e. The summed E-state index contributed by atoms with van der Waals surface area (Å²) in [6, 6.07) is 11.5. The minimum atomic E-state index is -4.43. The number of nitrogens with zero attached hydrogens (tertiary/aromatic N) is 2. The number of ether oxygens (including phenoxy) is 3. The number of alkyl halides is 3. The maximum absolute atomic E-state index is 13.5. The number of nitrogens with one attached hydrogen (secondary N) is 2. The highest BCUT2D eigenvalue weighted by molar-refractivity contribution is 7.89. The second-order valence-electron chi connectivity index (χ2n) is 9.84. The van der Waals surface area contributed by atoms with Crippen LogP contribution >= 0.6 is 0 Å². The first-order valence-corrected chi connectivity index (χ1v) is 14.9. The highest BCUT2D eigenvalue weighted by atomic mass is 32.2. The Bertz CT molecular complexity index is 1540. The lowest BCUT2D eigenvalue weighted by Gasteiger charge is -2.24. The van der Waals surface area contributed by atoms with E-state index in [1.807, 2.05) is 6.07 Å². The number of hydrogen-bond donors (Lipinski definition) is 2. The summed E-state index contributed by atoms with van der Waals surface area (Å²) >= 11 is 0. The summed E-state index contributed by atoms with van der Waals surface area (Å²) in [5.74, 6) is 6.06. The molecule has 3 aromatic rings. The Balaban J connectivity index is 1.55. The van der Waals surface area contributed by atoms with E-state index in [4.69, 9.17) is 14.2 Å². The van der Waals surface area contributed by atoms with Gasteiger partial charge in [0, 0.05) is 57.1 Å². The van der Waals surface area contributed by atoms with Gasteiger partial charge in [-0.1, -0.05) is 12.0 Å². The summed E-state index contributed by atoms with van der Waals surface area (Å²) < 4.78 is 84.5. The van der Waals surface area contributed by atoms with E-state index in [0.717, 1.165) is 18.5 Å². The second-order valence-corrected chi connectivity index (χ2v) is 11.9. The van der Waals surface area contributed by atoms with Gasteiger partial charge in [0.2, 0.25) is 10.0 Å². The molecule has 228 valence electrons. The van der Waals surface area contributed by atoms with Crippen LogP contribution in [0.15, 0.2) is 47.4 Å². The Morgan fingerprint density at radius 3 is 2.57 bits per heavy atom. The third kappa shape index (κ3) is 7.69. The van der Waals surface area contributed by atoms with E-state index in [-0.39, 0.29) is 42.1 Å². The Labute approximate surface area is 244 Å². The zero-order valence-corrected chi connectivity index (χ0v) is 24.6. The number of benzene rings is 2. The van der Waals surface area contributed by atoms with Crippen molar-refractivity contribution in [2.45, 2.75) is 36.5 Å². The Morgan fingerprint density at radius 1 is 1.12 bits per heavy atom. The van der Waals surface area contributed by atoms with Gasteiger partial charge in [0.15, 0.2) is 0 Å². The van der Waals surface area contributed by atoms with Gasteiger partial charge in [-0.2, -0.15) is 17.5 Å². The fourth-order valence-electron chi connectivity index (χ4n) is 4.70. The first-order chi connectivity index (χ1) is 20.0. The third-order valence-corrected chi connectivity index (χ3v) is 8.79. The molecule has 0 saturated carbocycles. The molecule has 1 fully saturated rings.